The minimum absolute atomic E-state index is 0.109. The zero-order valence-electron chi connectivity index (χ0n) is 21.6. The molecule has 2 aliphatic heterocycles. The number of quaternary nitrogens is 1. The number of aromatic nitrogens is 3. The van der Waals surface area contributed by atoms with Crippen molar-refractivity contribution in [1.82, 2.24) is 30.1 Å². The molecule has 1 fully saturated rings. The maximum atomic E-state index is 13.5. The molecule has 0 aliphatic carbocycles. The minimum atomic E-state index is -4.96. The molecule has 1 aromatic heterocycles. The van der Waals surface area contributed by atoms with Crippen LogP contribution in [0, 0.1) is 6.92 Å². The lowest BCUT2D eigenvalue weighted by atomic mass is 10.0. The fourth-order valence-corrected chi connectivity index (χ4v) is 5.99. The molecule has 0 saturated carbocycles. The van der Waals surface area contributed by atoms with Gasteiger partial charge in [0.05, 0.1) is 24.2 Å². The Morgan fingerprint density at radius 1 is 0.976 bits per heavy atom. The van der Waals surface area contributed by atoms with E-state index in [1.54, 1.807) is 24.1 Å². The second kappa shape index (κ2) is 11.2. The maximum absolute atomic E-state index is 13.5. The molecule has 220 valence electrons. The van der Waals surface area contributed by atoms with Crippen molar-refractivity contribution < 1.29 is 36.1 Å². The lowest BCUT2D eigenvalue weighted by Crippen LogP contribution is -2.97. The van der Waals surface area contributed by atoms with Crippen LogP contribution in [-0.2, 0) is 36.2 Å². The van der Waals surface area contributed by atoms with Crippen LogP contribution < -0.4 is 11.0 Å². The van der Waals surface area contributed by atoms with Gasteiger partial charge in [-0.05, 0) is 42.3 Å². The van der Waals surface area contributed by atoms with Crippen LogP contribution in [0.1, 0.15) is 33.9 Å². The zero-order valence-corrected chi connectivity index (χ0v) is 23.1. The van der Waals surface area contributed by atoms with Crippen LogP contribution in [0.2, 0.25) is 5.02 Å². The molecule has 41 heavy (non-hydrogen) atoms. The van der Waals surface area contributed by atoms with Gasteiger partial charge in [0.1, 0.15) is 5.82 Å². The number of nitrogens with two attached hydrogens (primary N) is 1. The molecule has 5 rings (SSSR count). The van der Waals surface area contributed by atoms with Crippen molar-refractivity contribution in [3.63, 3.8) is 0 Å². The first-order chi connectivity index (χ1) is 19.3. The van der Waals surface area contributed by atoms with E-state index in [1.165, 1.54) is 5.53 Å². The standard InChI is InChI=1S/C25H24ClF6N7OS/c1-15-33-35-22(38(15)14-17-4-2-3-5-20(17)26)21-23(37-6-8-41(40)9-7-37)39(36-34-21)13-16-10-18(24(27,28)29)12-19(11-16)25(30,31)32/h2-5,10-12,34,36H,6-9,13-14H2,1H3/p+1. The molecule has 0 bridgehead atoms. The summed E-state index contributed by atoms with van der Waals surface area (Å²) in [6, 6.07) is 8.79. The highest BCUT2D eigenvalue weighted by atomic mass is 35.5. The van der Waals surface area contributed by atoms with Crippen LogP contribution in [-0.4, -0.2) is 53.5 Å². The second-order valence-electron chi connectivity index (χ2n) is 9.60. The topological polar surface area (TPSA) is 82.9 Å². The third-order valence-electron chi connectivity index (χ3n) is 6.78. The lowest BCUT2D eigenvalue weighted by molar-refractivity contribution is -0.827. The van der Waals surface area contributed by atoms with E-state index in [-0.39, 0.29) is 18.2 Å². The van der Waals surface area contributed by atoms with Gasteiger partial charge in [-0.2, -0.15) is 31.4 Å². The van der Waals surface area contributed by atoms with Crippen molar-refractivity contribution in [2.75, 3.05) is 24.6 Å². The Bertz CT molecular complexity index is 1460. The molecule has 16 heteroatoms. The first kappa shape index (κ1) is 29.2. The van der Waals surface area contributed by atoms with E-state index in [1.807, 2.05) is 21.6 Å². The number of rotatable bonds is 6. The highest BCUT2D eigenvalue weighted by molar-refractivity contribution is 7.85. The van der Waals surface area contributed by atoms with Crippen molar-refractivity contribution in [3.8, 4) is 0 Å². The largest absolute Gasteiger partial charge is 0.416 e. The summed E-state index contributed by atoms with van der Waals surface area (Å²) in [6.07, 6.45) is -9.92. The van der Waals surface area contributed by atoms with Crippen LogP contribution in [0.25, 0.3) is 5.70 Å². The number of hydrogen-bond donors (Lipinski definition) is 2. The van der Waals surface area contributed by atoms with Gasteiger partial charge in [0.25, 0.3) is 0 Å². The fourth-order valence-electron chi connectivity index (χ4n) is 4.75. The van der Waals surface area contributed by atoms with Gasteiger partial charge >= 0.3 is 12.4 Å². The van der Waals surface area contributed by atoms with Gasteiger partial charge in [-0.25, -0.2) is 5.43 Å². The average Bonchev–Trinajstić information content (AvgIpc) is 3.47. The molecule has 3 heterocycles. The van der Waals surface area contributed by atoms with E-state index < -0.39 is 34.3 Å². The summed E-state index contributed by atoms with van der Waals surface area (Å²) in [4.78, 5) is 1.90. The lowest BCUT2D eigenvalue weighted by Gasteiger charge is -2.32. The normalized spacial score (nSPS) is 17.0. The summed E-state index contributed by atoms with van der Waals surface area (Å²) in [6.45, 7) is 2.52. The van der Waals surface area contributed by atoms with Crippen LogP contribution in [0.5, 0.6) is 0 Å². The van der Waals surface area contributed by atoms with Gasteiger partial charge in [-0.1, -0.05) is 29.8 Å². The van der Waals surface area contributed by atoms with E-state index >= 15 is 0 Å². The van der Waals surface area contributed by atoms with Gasteiger partial charge in [0, 0.05) is 40.4 Å². The molecule has 3 N–H and O–H groups in total. The van der Waals surface area contributed by atoms with E-state index in [4.69, 9.17) is 11.6 Å². The fraction of sp³-hybridized carbons (Fsp3) is 0.360. The molecule has 8 nitrogen and oxygen atoms in total. The zero-order chi connectivity index (χ0) is 29.5. The monoisotopic (exact) mass is 620 g/mol. The number of nitrogens with zero attached hydrogens (tertiary/aromatic N) is 5. The van der Waals surface area contributed by atoms with Crippen LogP contribution in [0.3, 0.4) is 0 Å². The summed E-state index contributed by atoms with van der Waals surface area (Å²) in [5, 5.41) is 10.6. The van der Waals surface area contributed by atoms with E-state index in [0.29, 0.717) is 71.5 Å². The third-order valence-corrected chi connectivity index (χ3v) is 8.43. The SMILES string of the molecule is Cc1nnc(C2=C(N3CCS(=O)CC3)N(Cc3cc(C(F)(F)F)cc(C(F)(F)F)c3)[NH2+]N2)n1Cc1ccccc1Cl. The molecule has 2 aromatic carbocycles. The number of benzene rings is 2. The smallest absolute Gasteiger partial charge is 0.350 e. The van der Waals surface area contributed by atoms with Crippen LogP contribution in [0.15, 0.2) is 48.3 Å². The molecule has 2 aliphatic rings. The minimum Gasteiger partial charge on any atom is -0.350 e. The third kappa shape index (κ3) is 6.31. The van der Waals surface area contributed by atoms with Gasteiger partial charge in [0.2, 0.25) is 0 Å². The van der Waals surface area contributed by atoms with E-state index in [9.17, 15) is 30.6 Å². The Morgan fingerprint density at radius 3 is 2.22 bits per heavy atom. The number of hydrogen-bond acceptors (Lipinski definition) is 6. The number of aryl methyl sites for hydroxylation is 1. The van der Waals surface area contributed by atoms with Crippen molar-refractivity contribution in [1.29, 1.82) is 0 Å². The van der Waals surface area contributed by atoms with Gasteiger partial charge in [-0.3, -0.25) is 4.21 Å². The molecule has 0 atom stereocenters. The molecular formula is C25H25ClF6N7OS+. The molecular weight excluding hydrogens is 596 g/mol. The molecule has 1 saturated heterocycles. The number of alkyl halides is 6. The highest BCUT2D eigenvalue weighted by Gasteiger charge is 2.39. The van der Waals surface area contributed by atoms with Crippen LogP contribution in [0.4, 0.5) is 26.3 Å². The summed E-state index contributed by atoms with van der Waals surface area (Å²) >= 11 is 6.38. The summed E-state index contributed by atoms with van der Waals surface area (Å²) in [7, 11) is -1.03. The van der Waals surface area contributed by atoms with Gasteiger partial charge in [0.15, 0.2) is 17.3 Å². The Morgan fingerprint density at radius 2 is 1.61 bits per heavy atom. The van der Waals surface area contributed by atoms with Crippen molar-refractivity contribution in [3.05, 3.63) is 87.2 Å². The highest BCUT2D eigenvalue weighted by Crippen LogP contribution is 2.37. The molecule has 3 aromatic rings. The quantitative estimate of drug-likeness (QED) is 0.324. The van der Waals surface area contributed by atoms with Crippen molar-refractivity contribution >= 4 is 28.1 Å². The Hall–Kier alpha value is -3.30. The first-order valence-electron chi connectivity index (χ1n) is 12.4. The molecule has 0 unspecified atom stereocenters. The molecule has 0 amide bonds. The van der Waals surface area contributed by atoms with Crippen molar-refractivity contribution in [2.45, 2.75) is 32.4 Å². The van der Waals surface area contributed by atoms with E-state index in [0.717, 1.165) is 5.56 Å². The summed E-state index contributed by atoms with van der Waals surface area (Å²) < 4.78 is 95.0. The van der Waals surface area contributed by atoms with Crippen molar-refractivity contribution in [2.24, 2.45) is 0 Å². The predicted octanol–water partition coefficient (Wildman–Crippen LogP) is 3.52. The Kier molecular flexibility index (Phi) is 7.96. The molecule has 0 radical (unpaired) electrons. The Balaban J connectivity index is 1.57. The Labute approximate surface area is 238 Å². The maximum Gasteiger partial charge on any atom is 0.416 e. The van der Waals surface area contributed by atoms with Gasteiger partial charge < -0.3 is 9.47 Å². The molecule has 0 spiro atoms. The van der Waals surface area contributed by atoms with Crippen LogP contribution >= 0.6 is 11.6 Å². The first-order valence-corrected chi connectivity index (χ1v) is 14.3. The summed E-state index contributed by atoms with van der Waals surface area (Å²) in [5.74, 6) is 2.18. The number of nitrogens with one attached hydrogen (secondary N) is 1. The average molecular weight is 621 g/mol. The second-order valence-corrected chi connectivity index (χ2v) is 11.7. The predicted molar refractivity (Wildman–Crippen MR) is 139 cm³/mol. The summed E-state index contributed by atoms with van der Waals surface area (Å²) in [5.41, 5.74) is 2.90. The van der Waals surface area contributed by atoms with E-state index in [2.05, 4.69) is 15.6 Å². The van der Waals surface area contributed by atoms with Gasteiger partial charge in [-0.15, -0.1) is 15.7 Å². The number of halogens is 7.